The van der Waals surface area contributed by atoms with Crippen LogP contribution >= 0.6 is 11.8 Å². The molecule has 5 nitrogen and oxygen atoms in total. The van der Waals surface area contributed by atoms with Crippen molar-refractivity contribution in [3.63, 3.8) is 0 Å². The zero-order chi connectivity index (χ0) is 16.1. The first-order chi connectivity index (χ1) is 11.3. The van der Waals surface area contributed by atoms with Crippen LogP contribution in [0.4, 0.5) is 0 Å². The average Bonchev–Trinajstić information content (AvgIpc) is 3.14. The summed E-state index contributed by atoms with van der Waals surface area (Å²) in [6, 6.07) is 13.4. The number of thioether (sulfide) groups is 1. The fourth-order valence-electron chi connectivity index (χ4n) is 2.06. The van der Waals surface area contributed by atoms with Crippen LogP contribution in [0.2, 0.25) is 0 Å². The second kappa shape index (κ2) is 7.19. The molecule has 0 atom stereocenters. The molecule has 6 heteroatoms. The maximum absolute atomic E-state index is 5.30. The van der Waals surface area contributed by atoms with Gasteiger partial charge in [-0.2, -0.15) is 0 Å². The number of hydrogen-bond acceptors (Lipinski definition) is 6. The third-order valence-electron chi connectivity index (χ3n) is 3.21. The normalized spacial score (nSPS) is 10.5. The summed E-state index contributed by atoms with van der Waals surface area (Å²) in [4.78, 5) is 0. The summed E-state index contributed by atoms with van der Waals surface area (Å²) >= 11 is 1.60. The highest BCUT2D eigenvalue weighted by atomic mass is 32.2. The van der Waals surface area contributed by atoms with Gasteiger partial charge in [0.05, 0.1) is 20.5 Å². The molecular formula is C17H16N2O3S. The van der Waals surface area contributed by atoms with Crippen LogP contribution in [0.3, 0.4) is 0 Å². The van der Waals surface area contributed by atoms with Crippen molar-refractivity contribution < 1.29 is 13.9 Å². The Kier molecular flexibility index (Phi) is 4.83. The molecule has 0 bridgehead atoms. The van der Waals surface area contributed by atoms with Crippen LogP contribution in [0.1, 0.15) is 5.56 Å². The first-order valence-corrected chi connectivity index (χ1v) is 7.99. The summed E-state index contributed by atoms with van der Waals surface area (Å²) in [5.74, 6) is 3.02. The Hall–Kier alpha value is -2.47. The van der Waals surface area contributed by atoms with Crippen molar-refractivity contribution in [2.24, 2.45) is 0 Å². The molecule has 0 fully saturated rings. The van der Waals surface area contributed by atoms with Crippen molar-refractivity contribution in [3.8, 4) is 23.0 Å². The van der Waals surface area contributed by atoms with Gasteiger partial charge in [-0.3, -0.25) is 0 Å². The number of nitrogens with zero attached hydrogens (tertiary/aromatic N) is 2. The van der Waals surface area contributed by atoms with Crippen LogP contribution in [0.25, 0.3) is 11.5 Å². The topological polar surface area (TPSA) is 57.4 Å². The van der Waals surface area contributed by atoms with E-state index in [9.17, 15) is 0 Å². The highest BCUT2D eigenvalue weighted by Crippen LogP contribution is 2.28. The Labute approximate surface area is 138 Å². The van der Waals surface area contributed by atoms with Gasteiger partial charge >= 0.3 is 0 Å². The summed E-state index contributed by atoms with van der Waals surface area (Å²) in [5, 5.41) is 9.26. The molecule has 0 aliphatic heterocycles. The van der Waals surface area contributed by atoms with Crippen molar-refractivity contribution in [2.45, 2.75) is 10.8 Å². The first-order valence-electron chi connectivity index (χ1n) is 7.01. The second-order valence-corrected chi connectivity index (χ2v) is 5.74. The number of aromatic nitrogens is 2. The van der Waals surface area contributed by atoms with E-state index >= 15 is 0 Å². The molecule has 3 aromatic rings. The lowest BCUT2D eigenvalue weighted by Crippen LogP contribution is -1.92. The monoisotopic (exact) mass is 328 g/mol. The minimum absolute atomic E-state index is 0.714. The molecule has 3 rings (SSSR count). The standard InChI is InChI=1S/C17H16N2O3S/c1-20-13-8-12(9-14(10-13)21-2)11-23-17-6-5-15(18-19-17)16-4-3-7-22-16/h3-10H,11H2,1-2H3. The molecule has 2 heterocycles. The van der Waals surface area contributed by atoms with Gasteiger partial charge in [-0.05, 0) is 42.0 Å². The van der Waals surface area contributed by atoms with Gasteiger partial charge in [-0.1, -0.05) is 11.8 Å². The number of hydrogen-bond donors (Lipinski definition) is 0. The lowest BCUT2D eigenvalue weighted by atomic mass is 10.2. The van der Waals surface area contributed by atoms with Crippen LogP contribution in [-0.2, 0) is 5.75 Å². The summed E-state index contributed by atoms with van der Waals surface area (Å²) in [6.45, 7) is 0. The van der Waals surface area contributed by atoms with Crippen molar-refractivity contribution in [3.05, 3.63) is 54.3 Å². The van der Waals surface area contributed by atoms with Gasteiger partial charge in [0.25, 0.3) is 0 Å². The van der Waals surface area contributed by atoms with E-state index in [0.29, 0.717) is 5.76 Å². The van der Waals surface area contributed by atoms with Crippen molar-refractivity contribution in [2.75, 3.05) is 14.2 Å². The number of rotatable bonds is 6. The van der Waals surface area contributed by atoms with Gasteiger partial charge in [0.15, 0.2) is 5.76 Å². The highest BCUT2D eigenvalue weighted by molar-refractivity contribution is 7.98. The fraction of sp³-hybridized carbons (Fsp3) is 0.176. The molecule has 0 unspecified atom stereocenters. The molecule has 0 spiro atoms. The quantitative estimate of drug-likeness (QED) is 0.636. The molecular weight excluding hydrogens is 312 g/mol. The number of furan rings is 1. The highest BCUT2D eigenvalue weighted by Gasteiger charge is 2.06. The minimum Gasteiger partial charge on any atom is -0.497 e. The Bertz CT molecular complexity index is 736. The Morgan fingerprint density at radius 1 is 1.00 bits per heavy atom. The summed E-state index contributed by atoms with van der Waals surface area (Å²) in [7, 11) is 3.29. The van der Waals surface area contributed by atoms with Crippen LogP contribution in [0.5, 0.6) is 11.5 Å². The lowest BCUT2D eigenvalue weighted by Gasteiger charge is -2.08. The molecule has 23 heavy (non-hydrogen) atoms. The van der Waals surface area contributed by atoms with Crippen molar-refractivity contribution in [1.29, 1.82) is 0 Å². The maximum atomic E-state index is 5.30. The molecule has 0 radical (unpaired) electrons. The van der Waals surface area contributed by atoms with Gasteiger partial charge < -0.3 is 13.9 Å². The van der Waals surface area contributed by atoms with Gasteiger partial charge in [0.1, 0.15) is 22.2 Å². The van der Waals surface area contributed by atoms with Crippen LogP contribution < -0.4 is 9.47 Å². The molecule has 0 N–H and O–H groups in total. The largest absolute Gasteiger partial charge is 0.497 e. The van der Waals surface area contributed by atoms with Crippen molar-refractivity contribution in [1.82, 2.24) is 10.2 Å². The molecule has 0 saturated carbocycles. The van der Waals surface area contributed by atoms with E-state index in [1.807, 2.05) is 42.5 Å². The minimum atomic E-state index is 0.714. The SMILES string of the molecule is COc1cc(CSc2ccc(-c3ccco3)nn2)cc(OC)c1. The molecule has 118 valence electrons. The van der Waals surface area contributed by atoms with Gasteiger partial charge in [-0.25, -0.2) is 0 Å². The van der Waals surface area contributed by atoms with E-state index in [-0.39, 0.29) is 0 Å². The predicted octanol–water partition coefficient (Wildman–Crippen LogP) is 4.05. The number of methoxy groups -OCH3 is 2. The van der Waals surface area contributed by atoms with E-state index in [1.54, 1.807) is 32.2 Å². The maximum Gasteiger partial charge on any atom is 0.154 e. The zero-order valence-corrected chi connectivity index (χ0v) is 13.7. The smallest absolute Gasteiger partial charge is 0.154 e. The van der Waals surface area contributed by atoms with Gasteiger partial charge in [0, 0.05) is 11.8 Å². The lowest BCUT2D eigenvalue weighted by molar-refractivity contribution is 0.393. The van der Waals surface area contributed by atoms with Gasteiger partial charge in [-0.15, -0.1) is 10.2 Å². The molecule has 0 amide bonds. The van der Waals surface area contributed by atoms with E-state index < -0.39 is 0 Å². The first kappa shape index (κ1) is 15.4. The number of ether oxygens (including phenoxy) is 2. The Balaban J connectivity index is 1.68. The molecule has 0 aliphatic carbocycles. The summed E-state index contributed by atoms with van der Waals surface area (Å²) in [6.07, 6.45) is 1.62. The van der Waals surface area contributed by atoms with Crippen LogP contribution in [0, 0.1) is 0 Å². The number of benzene rings is 1. The summed E-state index contributed by atoms with van der Waals surface area (Å²) < 4.78 is 15.9. The van der Waals surface area contributed by atoms with Crippen LogP contribution in [-0.4, -0.2) is 24.4 Å². The summed E-state index contributed by atoms with van der Waals surface area (Å²) in [5.41, 5.74) is 1.82. The third-order valence-corrected chi connectivity index (χ3v) is 4.20. The second-order valence-electron chi connectivity index (χ2n) is 4.74. The van der Waals surface area contributed by atoms with E-state index in [1.165, 1.54) is 0 Å². The van der Waals surface area contributed by atoms with E-state index in [0.717, 1.165) is 33.5 Å². The molecule has 0 saturated heterocycles. The van der Waals surface area contributed by atoms with Crippen molar-refractivity contribution >= 4 is 11.8 Å². The van der Waals surface area contributed by atoms with E-state index in [4.69, 9.17) is 13.9 Å². The predicted molar refractivity (Wildman–Crippen MR) is 88.8 cm³/mol. The van der Waals surface area contributed by atoms with Crippen LogP contribution in [0.15, 0.2) is 58.2 Å². The third kappa shape index (κ3) is 3.84. The van der Waals surface area contributed by atoms with Gasteiger partial charge in [0.2, 0.25) is 0 Å². The average molecular weight is 328 g/mol. The fourth-order valence-corrected chi connectivity index (χ4v) is 2.80. The zero-order valence-electron chi connectivity index (χ0n) is 12.9. The molecule has 1 aromatic carbocycles. The molecule has 2 aromatic heterocycles. The Morgan fingerprint density at radius 2 is 1.78 bits per heavy atom. The van der Waals surface area contributed by atoms with E-state index in [2.05, 4.69) is 10.2 Å². The Morgan fingerprint density at radius 3 is 2.35 bits per heavy atom. The molecule has 0 aliphatic rings.